The van der Waals surface area contributed by atoms with Gasteiger partial charge in [-0.1, -0.05) is 21.9 Å². The van der Waals surface area contributed by atoms with E-state index in [1.807, 2.05) is 18.2 Å². The van der Waals surface area contributed by atoms with Crippen molar-refractivity contribution in [3.8, 4) is 18.1 Å². The number of halogens is 1. The maximum Gasteiger partial charge on any atom is 0.148 e. The molecule has 3 N–H and O–H groups in total. The Hall–Kier alpha value is -1.02. The fraction of sp³-hybridized carbons (Fsp3) is 0.385. The van der Waals surface area contributed by atoms with Gasteiger partial charge in [-0.3, -0.25) is 0 Å². The molecule has 0 aromatic heterocycles. The van der Waals surface area contributed by atoms with Crippen molar-refractivity contribution in [1.82, 2.24) is 5.32 Å². The first-order valence-corrected chi connectivity index (χ1v) is 6.32. The van der Waals surface area contributed by atoms with Gasteiger partial charge in [0.1, 0.15) is 12.4 Å². The van der Waals surface area contributed by atoms with Crippen LogP contribution in [-0.4, -0.2) is 19.7 Å². The number of hydrogen-bond acceptors (Lipinski definition) is 3. The van der Waals surface area contributed by atoms with E-state index in [4.69, 9.17) is 16.9 Å². The number of hydrogen-bond donors (Lipinski definition) is 2. The Bertz CT molecular complexity index is 387. The molecule has 0 saturated carbocycles. The molecule has 0 aliphatic heterocycles. The van der Waals surface area contributed by atoms with Crippen molar-refractivity contribution in [2.24, 2.45) is 5.73 Å². The molecule has 0 heterocycles. The van der Waals surface area contributed by atoms with E-state index in [1.54, 1.807) is 0 Å². The summed E-state index contributed by atoms with van der Waals surface area (Å²) in [6.07, 6.45) is 6.15. The van der Waals surface area contributed by atoms with Gasteiger partial charge in [0.25, 0.3) is 0 Å². The minimum absolute atomic E-state index is 0.289. The lowest BCUT2D eigenvalue weighted by Gasteiger charge is -2.11. The molecule has 17 heavy (non-hydrogen) atoms. The van der Waals surface area contributed by atoms with Gasteiger partial charge < -0.3 is 15.8 Å². The van der Waals surface area contributed by atoms with E-state index in [9.17, 15) is 0 Å². The van der Waals surface area contributed by atoms with Gasteiger partial charge in [0.2, 0.25) is 0 Å². The van der Waals surface area contributed by atoms with Gasteiger partial charge in [-0.25, -0.2) is 0 Å². The normalized spacial score (nSPS) is 9.94. The predicted octanol–water partition coefficient (Wildman–Crippen LogP) is 1.90. The monoisotopic (exact) mass is 296 g/mol. The van der Waals surface area contributed by atoms with Gasteiger partial charge in [-0.05, 0) is 37.7 Å². The van der Waals surface area contributed by atoms with Gasteiger partial charge in [0.05, 0.1) is 0 Å². The lowest BCUT2D eigenvalue weighted by atomic mass is 10.2. The molecule has 0 saturated heterocycles. The van der Waals surface area contributed by atoms with Crippen molar-refractivity contribution >= 4 is 15.9 Å². The molecule has 0 radical (unpaired) electrons. The van der Waals surface area contributed by atoms with Crippen molar-refractivity contribution in [3.63, 3.8) is 0 Å². The molecule has 1 aromatic carbocycles. The van der Waals surface area contributed by atoms with E-state index >= 15 is 0 Å². The second-order valence-electron chi connectivity index (χ2n) is 3.56. The Balaban J connectivity index is 2.60. The third kappa shape index (κ3) is 5.22. The van der Waals surface area contributed by atoms with E-state index in [-0.39, 0.29) is 6.61 Å². The Morgan fingerprint density at radius 3 is 3.00 bits per heavy atom. The average Bonchev–Trinajstić information content (AvgIpc) is 2.33. The van der Waals surface area contributed by atoms with E-state index in [1.165, 1.54) is 0 Å². The Kier molecular flexibility index (Phi) is 6.71. The fourth-order valence-electron chi connectivity index (χ4n) is 1.40. The van der Waals surface area contributed by atoms with Crippen LogP contribution in [0.5, 0.6) is 5.75 Å². The third-order valence-corrected chi connectivity index (χ3v) is 2.70. The third-order valence-electron chi connectivity index (χ3n) is 2.21. The molecule has 0 aliphatic carbocycles. The van der Waals surface area contributed by atoms with Gasteiger partial charge >= 0.3 is 0 Å². The standard InChI is InChI=1S/C13H17BrN2O/c1-2-8-17-13-5-4-12(14)9-11(13)10-16-7-3-6-15/h1,4-5,9,16H,3,6-8,10,15H2. The maximum absolute atomic E-state index is 5.48. The van der Waals surface area contributed by atoms with Crippen molar-refractivity contribution in [1.29, 1.82) is 0 Å². The number of terminal acetylenes is 1. The van der Waals surface area contributed by atoms with Gasteiger partial charge in [0.15, 0.2) is 0 Å². The molecular weight excluding hydrogens is 280 g/mol. The quantitative estimate of drug-likeness (QED) is 0.597. The summed E-state index contributed by atoms with van der Waals surface area (Å²) in [5.74, 6) is 3.29. The summed E-state index contributed by atoms with van der Waals surface area (Å²) < 4.78 is 6.51. The number of ether oxygens (including phenoxy) is 1. The van der Waals surface area contributed by atoms with Crippen molar-refractivity contribution < 1.29 is 4.74 Å². The zero-order valence-electron chi connectivity index (χ0n) is 9.71. The molecule has 0 aliphatic rings. The van der Waals surface area contributed by atoms with Gasteiger partial charge in [-0.15, -0.1) is 6.42 Å². The minimum atomic E-state index is 0.289. The smallest absolute Gasteiger partial charge is 0.148 e. The highest BCUT2D eigenvalue weighted by atomic mass is 79.9. The largest absolute Gasteiger partial charge is 0.481 e. The molecule has 4 heteroatoms. The summed E-state index contributed by atoms with van der Waals surface area (Å²) in [6.45, 7) is 2.64. The zero-order valence-corrected chi connectivity index (χ0v) is 11.3. The Labute approximate surface area is 111 Å². The van der Waals surface area contributed by atoms with Crippen molar-refractivity contribution in [3.05, 3.63) is 28.2 Å². The number of nitrogens with two attached hydrogens (primary N) is 1. The van der Waals surface area contributed by atoms with E-state index < -0.39 is 0 Å². The zero-order chi connectivity index (χ0) is 12.5. The first kappa shape index (κ1) is 14.0. The van der Waals surface area contributed by atoms with Crippen LogP contribution in [0.25, 0.3) is 0 Å². The molecule has 0 bridgehead atoms. The molecule has 1 rings (SSSR count). The van der Waals surface area contributed by atoms with Crippen LogP contribution < -0.4 is 15.8 Å². The van der Waals surface area contributed by atoms with Gasteiger partial charge in [-0.2, -0.15) is 0 Å². The van der Waals surface area contributed by atoms with Crippen LogP contribution in [0.3, 0.4) is 0 Å². The van der Waals surface area contributed by atoms with Crippen LogP contribution in [0.1, 0.15) is 12.0 Å². The average molecular weight is 297 g/mol. The molecule has 3 nitrogen and oxygen atoms in total. The predicted molar refractivity (Wildman–Crippen MR) is 73.8 cm³/mol. The van der Waals surface area contributed by atoms with E-state index in [2.05, 4.69) is 27.2 Å². The topological polar surface area (TPSA) is 47.3 Å². The van der Waals surface area contributed by atoms with Crippen LogP contribution >= 0.6 is 15.9 Å². The molecule has 0 fully saturated rings. The molecule has 1 aromatic rings. The van der Waals surface area contributed by atoms with Crippen LogP contribution in [0, 0.1) is 12.3 Å². The SMILES string of the molecule is C#CCOc1ccc(Br)cc1CNCCCN. The second-order valence-corrected chi connectivity index (χ2v) is 4.48. The highest BCUT2D eigenvalue weighted by molar-refractivity contribution is 9.10. The summed E-state index contributed by atoms with van der Waals surface area (Å²) in [5.41, 5.74) is 6.52. The molecule has 0 unspecified atom stereocenters. The van der Waals surface area contributed by atoms with E-state index in [0.29, 0.717) is 6.54 Å². The molecule has 0 spiro atoms. The molecular formula is C13H17BrN2O. The molecule has 0 atom stereocenters. The fourth-order valence-corrected chi connectivity index (χ4v) is 1.81. The number of nitrogens with one attached hydrogen (secondary N) is 1. The van der Waals surface area contributed by atoms with Gasteiger partial charge in [0, 0.05) is 16.6 Å². The van der Waals surface area contributed by atoms with Crippen molar-refractivity contribution in [2.75, 3.05) is 19.7 Å². The molecule has 92 valence electrons. The van der Waals surface area contributed by atoms with Crippen LogP contribution in [0.2, 0.25) is 0 Å². The Morgan fingerprint density at radius 2 is 2.29 bits per heavy atom. The second kappa shape index (κ2) is 8.13. The minimum Gasteiger partial charge on any atom is -0.481 e. The van der Waals surface area contributed by atoms with Crippen LogP contribution in [0.4, 0.5) is 0 Å². The number of rotatable bonds is 7. The summed E-state index contributed by atoms with van der Waals surface area (Å²) >= 11 is 3.44. The first-order valence-electron chi connectivity index (χ1n) is 5.53. The maximum atomic E-state index is 5.48. The highest BCUT2D eigenvalue weighted by Gasteiger charge is 2.03. The lowest BCUT2D eigenvalue weighted by molar-refractivity contribution is 0.364. The summed E-state index contributed by atoms with van der Waals surface area (Å²) in [5, 5.41) is 3.31. The molecule has 0 amide bonds. The van der Waals surface area contributed by atoms with Crippen LogP contribution in [0.15, 0.2) is 22.7 Å². The van der Waals surface area contributed by atoms with Crippen molar-refractivity contribution in [2.45, 2.75) is 13.0 Å². The van der Waals surface area contributed by atoms with E-state index in [0.717, 1.165) is 35.3 Å². The highest BCUT2D eigenvalue weighted by Crippen LogP contribution is 2.23. The summed E-state index contributed by atoms with van der Waals surface area (Å²) in [7, 11) is 0. The van der Waals surface area contributed by atoms with Crippen LogP contribution in [-0.2, 0) is 6.54 Å². The number of benzene rings is 1. The first-order chi connectivity index (χ1) is 8.27. The summed E-state index contributed by atoms with van der Waals surface area (Å²) in [6, 6.07) is 5.89. The summed E-state index contributed by atoms with van der Waals surface area (Å²) in [4.78, 5) is 0. The lowest BCUT2D eigenvalue weighted by Crippen LogP contribution is -2.18. The Morgan fingerprint density at radius 1 is 1.47 bits per heavy atom.